The zero-order valence-corrected chi connectivity index (χ0v) is 15.4. The standard InChI is InChI=1S/C22H26O4/c1-21-15-7-3-5-10-12(7)18-13(15)14-16(22(18,2)20(24)26-10)8-4-6-9(25-19(21)23)11(8)17(14)21/h7-18H,3-6H2,1-2H3/t7-,8+,9+,10-,11-,12-,13-,14+,15-,16+,17+,18-,21-,22+/m1/s1. The third kappa shape index (κ3) is 1.00. The van der Waals surface area contributed by atoms with Gasteiger partial charge in [0.05, 0.1) is 10.8 Å². The lowest BCUT2D eigenvalue weighted by Crippen LogP contribution is -2.53. The first-order valence-corrected chi connectivity index (χ1v) is 10.9. The molecule has 4 nitrogen and oxygen atoms in total. The Balaban J connectivity index is 1.45. The van der Waals surface area contributed by atoms with Crippen molar-refractivity contribution in [3.05, 3.63) is 0 Å². The van der Waals surface area contributed by atoms with Gasteiger partial charge in [0.1, 0.15) is 12.2 Å². The molecule has 0 bridgehead atoms. The molecule has 0 amide bonds. The molecule has 6 saturated carbocycles. The average molecular weight is 354 g/mol. The molecule has 8 rings (SSSR count). The van der Waals surface area contributed by atoms with Crippen LogP contribution < -0.4 is 0 Å². The van der Waals surface area contributed by atoms with Crippen LogP contribution in [0.2, 0.25) is 0 Å². The number of hydrogen-bond acceptors (Lipinski definition) is 4. The molecule has 14 atom stereocenters. The van der Waals surface area contributed by atoms with Crippen LogP contribution in [0.1, 0.15) is 39.5 Å². The fourth-order valence-corrected chi connectivity index (χ4v) is 11.4. The highest BCUT2D eigenvalue weighted by Gasteiger charge is 2.88. The predicted molar refractivity (Wildman–Crippen MR) is 89.3 cm³/mol. The molecule has 0 aromatic heterocycles. The summed E-state index contributed by atoms with van der Waals surface area (Å²) in [6.07, 6.45) is 4.56. The van der Waals surface area contributed by atoms with E-state index < -0.39 is 0 Å². The Morgan fingerprint density at radius 1 is 0.654 bits per heavy atom. The van der Waals surface area contributed by atoms with Crippen molar-refractivity contribution in [1.29, 1.82) is 0 Å². The van der Waals surface area contributed by atoms with Crippen molar-refractivity contribution in [1.82, 2.24) is 0 Å². The van der Waals surface area contributed by atoms with Crippen LogP contribution in [0.3, 0.4) is 0 Å². The molecule has 26 heavy (non-hydrogen) atoms. The van der Waals surface area contributed by atoms with E-state index in [-0.39, 0.29) is 35.0 Å². The molecule has 4 heteroatoms. The topological polar surface area (TPSA) is 52.6 Å². The van der Waals surface area contributed by atoms with Crippen LogP contribution in [0, 0.1) is 70.0 Å². The van der Waals surface area contributed by atoms with Gasteiger partial charge < -0.3 is 9.47 Å². The van der Waals surface area contributed by atoms with Gasteiger partial charge in [-0.1, -0.05) is 0 Å². The molecular weight excluding hydrogens is 328 g/mol. The van der Waals surface area contributed by atoms with Gasteiger partial charge in [-0.2, -0.15) is 0 Å². The lowest BCUT2D eigenvalue weighted by molar-refractivity contribution is -0.189. The number of rotatable bonds is 0. The average Bonchev–Trinajstić information content (AvgIpc) is 3.34. The third-order valence-electron chi connectivity index (χ3n) is 11.4. The summed E-state index contributed by atoms with van der Waals surface area (Å²) in [5.74, 6) is 5.35. The predicted octanol–water partition coefficient (Wildman–Crippen LogP) is 2.65. The number of hydrogen-bond donors (Lipinski definition) is 0. The minimum Gasteiger partial charge on any atom is -0.462 e. The summed E-state index contributed by atoms with van der Waals surface area (Å²) in [6, 6.07) is 0. The summed E-state index contributed by atoms with van der Waals surface area (Å²) in [6.45, 7) is 4.53. The summed E-state index contributed by atoms with van der Waals surface area (Å²) < 4.78 is 12.3. The molecule has 0 radical (unpaired) electrons. The highest BCUT2D eigenvalue weighted by molar-refractivity contribution is 5.83. The van der Waals surface area contributed by atoms with E-state index >= 15 is 0 Å². The Bertz CT molecular complexity index is 740. The number of carbonyl (C=O) groups is 2. The van der Waals surface area contributed by atoms with Crippen LogP contribution in [0.4, 0.5) is 0 Å². The molecule has 0 unspecified atom stereocenters. The van der Waals surface area contributed by atoms with Gasteiger partial charge in [0.25, 0.3) is 0 Å². The second-order valence-corrected chi connectivity index (χ2v) is 11.3. The van der Waals surface area contributed by atoms with Gasteiger partial charge in [-0.05, 0) is 86.9 Å². The van der Waals surface area contributed by atoms with Gasteiger partial charge in [0, 0.05) is 11.8 Å². The van der Waals surface area contributed by atoms with Crippen molar-refractivity contribution in [3.8, 4) is 0 Å². The summed E-state index contributed by atoms with van der Waals surface area (Å²) in [7, 11) is 0. The summed E-state index contributed by atoms with van der Waals surface area (Å²) >= 11 is 0. The van der Waals surface area contributed by atoms with E-state index in [4.69, 9.17) is 9.47 Å². The minimum atomic E-state index is -0.297. The molecule has 2 saturated heterocycles. The first-order chi connectivity index (χ1) is 12.5. The van der Waals surface area contributed by atoms with Crippen LogP contribution in [0.5, 0.6) is 0 Å². The fourth-order valence-electron chi connectivity index (χ4n) is 11.4. The summed E-state index contributed by atoms with van der Waals surface area (Å²) in [5.41, 5.74) is -0.593. The highest BCUT2D eigenvalue weighted by atomic mass is 16.6. The van der Waals surface area contributed by atoms with Gasteiger partial charge in [0.15, 0.2) is 0 Å². The molecule has 0 aromatic rings. The van der Waals surface area contributed by atoms with Crippen LogP contribution in [0.15, 0.2) is 0 Å². The molecule has 6 aliphatic carbocycles. The number of esters is 2. The molecule has 2 aliphatic heterocycles. The maximum absolute atomic E-state index is 13.4. The van der Waals surface area contributed by atoms with Gasteiger partial charge >= 0.3 is 11.9 Å². The zero-order valence-electron chi connectivity index (χ0n) is 15.4. The molecule has 0 aromatic carbocycles. The van der Waals surface area contributed by atoms with E-state index in [0.29, 0.717) is 59.2 Å². The maximum Gasteiger partial charge on any atom is 0.312 e. The Morgan fingerprint density at radius 2 is 1.08 bits per heavy atom. The van der Waals surface area contributed by atoms with E-state index in [0.717, 1.165) is 25.7 Å². The number of ether oxygens (including phenoxy) is 2. The quantitative estimate of drug-likeness (QED) is 0.628. The van der Waals surface area contributed by atoms with Crippen molar-refractivity contribution in [2.75, 3.05) is 0 Å². The lowest BCUT2D eigenvalue weighted by Gasteiger charge is -2.47. The van der Waals surface area contributed by atoms with Crippen LogP contribution in [-0.2, 0) is 19.1 Å². The van der Waals surface area contributed by atoms with E-state index in [1.165, 1.54) is 0 Å². The Morgan fingerprint density at radius 3 is 1.50 bits per heavy atom. The van der Waals surface area contributed by atoms with Crippen LogP contribution in [0.25, 0.3) is 0 Å². The fraction of sp³-hybridized carbons (Fsp3) is 0.909. The molecule has 138 valence electrons. The Hall–Kier alpha value is -1.06. The Labute approximate surface area is 153 Å². The van der Waals surface area contributed by atoms with Gasteiger partial charge in [-0.15, -0.1) is 0 Å². The van der Waals surface area contributed by atoms with Crippen molar-refractivity contribution < 1.29 is 19.1 Å². The van der Waals surface area contributed by atoms with E-state index in [2.05, 4.69) is 13.8 Å². The Kier molecular flexibility index (Phi) is 1.95. The number of carbonyl (C=O) groups excluding carboxylic acids is 2. The van der Waals surface area contributed by atoms with Crippen LogP contribution >= 0.6 is 0 Å². The summed E-state index contributed by atoms with van der Waals surface area (Å²) in [5, 5.41) is 0. The first-order valence-electron chi connectivity index (χ1n) is 10.9. The van der Waals surface area contributed by atoms with Gasteiger partial charge in [0.2, 0.25) is 0 Å². The van der Waals surface area contributed by atoms with Crippen LogP contribution in [-0.4, -0.2) is 24.1 Å². The molecular formula is C22H26O4. The molecule has 0 N–H and O–H groups in total. The second-order valence-electron chi connectivity index (χ2n) is 11.3. The molecule has 0 spiro atoms. The van der Waals surface area contributed by atoms with Crippen molar-refractivity contribution in [2.24, 2.45) is 70.0 Å². The summed E-state index contributed by atoms with van der Waals surface area (Å²) in [4.78, 5) is 26.7. The smallest absolute Gasteiger partial charge is 0.312 e. The normalized spacial score (nSPS) is 72.7. The second kappa shape index (κ2) is 3.63. The van der Waals surface area contributed by atoms with E-state index in [9.17, 15) is 9.59 Å². The monoisotopic (exact) mass is 354 g/mol. The highest BCUT2D eigenvalue weighted by Crippen LogP contribution is 2.86. The van der Waals surface area contributed by atoms with Crippen molar-refractivity contribution in [2.45, 2.75) is 51.7 Å². The molecule has 8 fully saturated rings. The maximum atomic E-state index is 13.4. The minimum absolute atomic E-state index is 0.112. The largest absolute Gasteiger partial charge is 0.462 e. The third-order valence-corrected chi connectivity index (χ3v) is 11.4. The first kappa shape index (κ1) is 14.0. The number of fused-ring (bicyclic) bond motifs is 4. The van der Waals surface area contributed by atoms with Crippen molar-refractivity contribution >= 4 is 11.9 Å². The van der Waals surface area contributed by atoms with Gasteiger partial charge in [-0.25, -0.2) is 0 Å². The lowest BCUT2D eigenvalue weighted by atomic mass is 9.61. The SMILES string of the molecule is C[C@]12C(=O)O[C@H]3CC[C@H]4[C@H]3[C@H]1[C@H]1[C@H]3[C@H]5[C@@H]6[C@@H](CC[C@H]6OC(=O)[C@@]5(C)[C@@H]41)[C@H]32. The molecule has 8 aliphatic rings. The zero-order chi connectivity index (χ0) is 17.3. The van der Waals surface area contributed by atoms with Crippen molar-refractivity contribution in [3.63, 3.8) is 0 Å². The van der Waals surface area contributed by atoms with E-state index in [1.54, 1.807) is 0 Å². The van der Waals surface area contributed by atoms with Gasteiger partial charge in [-0.3, -0.25) is 9.59 Å². The van der Waals surface area contributed by atoms with E-state index in [1.807, 2.05) is 0 Å². The molecule has 2 heterocycles.